The van der Waals surface area contributed by atoms with Gasteiger partial charge in [-0.25, -0.2) is 4.79 Å². The molecule has 2 fully saturated rings. The number of carbonyl (C=O) groups excluding carboxylic acids is 2. The zero-order valence-electron chi connectivity index (χ0n) is 21.4. The smallest absolute Gasteiger partial charge is 0.341 e. The van der Waals surface area contributed by atoms with Crippen molar-refractivity contribution in [1.29, 1.82) is 0 Å². The predicted molar refractivity (Wildman–Crippen MR) is 133 cm³/mol. The van der Waals surface area contributed by atoms with E-state index >= 15 is 0 Å². The number of piperazine rings is 1. The molecule has 0 radical (unpaired) electrons. The molecule has 5 nitrogen and oxygen atoms in total. The number of nitrogens with one attached hydrogen (secondary N) is 1. The minimum Gasteiger partial charge on any atom is -0.341 e. The molecule has 3 atom stereocenters. The summed E-state index contributed by atoms with van der Waals surface area (Å²) in [5.74, 6) is -0.623. The molecule has 2 aliphatic rings. The van der Waals surface area contributed by atoms with Gasteiger partial charge in [-0.15, -0.1) is 0 Å². The third-order valence-electron chi connectivity index (χ3n) is 8.01. The Kier molecular flexibility index (Phi) is 6.84. The number of alkyl halides is 3. The van der Waals surface area contributed by atoms with Gasteiger partial charge in [-0.1, -0.05) is 51.1 Å². The summed E-state index contributed by atoms with van der Waals surface area (Å²) in [6.45, 7) is 8.28. The highest BCUT2D eigenvalue weighted by molar-refractivity contribution is 5.81. The fourth-order valence-corrected chi connectivity index (χ4v) is 6.23. The summed E-state index contributed by atoms with van der Waals surface area (Å²) < 4.78 is 42.0. The van der Waals surface area contributed by atoms with Gasteiger partial charge < -0.3 is 15.1 Å². The van der Waals surface area contributed by atoms with Crippen molar-refractivity contribution in [3.63, 3.8) is 0 Å². The van der Waals surface area contributed by atoms with Crippen molar-refractivity contribution < 1.29 is 22.8 Å². The normalized spacial score (nSPS) is 23.1. The van der Waals surface area contributed by atoms with Crippen molar-refractivity contribution in [2.24, 2.45) is 0 Å². The Labute approximate surface area is 210 Å². The van der Waals surface area contributed by atoms with Gasteiger partial charge in [0.25, 0.3) is 0 Å². The summed E-state index contributed by atoms with van der Waals surface area (Å²) in [6.07, 6.45) is -3.62. The molecule has 3 amide bonds. The van der Waals surface area contributed by atoms with Crippen molar-refractivity contribution in [1.82, 2.24) is 15.1 Å². The maximum Gasteiger partial charge on any atom is 0.416 e. The predicted octanol–water partition coefficient (Wildman–Crippen LogP) is 5.78. The van der Waals surface area contributed by atoms with Crippen LogP contribution in [0.4, 0.5) is 18.0 Å². The molecule has 2 heterocycles. The number of hydrogen-bond acceptors (Lipinski definition) is 2. The molecule has 2 aromatic rings. The fraction of sp³-hybridized carbons (Fsp3) is 0.500. The van der Waals surface area contributed by atoms with Crippen LogP contribution in [0.1, 0.15) is 73.3 Å². The average Bonchev–Trinajstić information content (AvgIpc) is 3.23. The Balaban J connectivity index is 2.04. The number of amides is 3. The SMILES string of the molecule is CNC(=O)N1CCN2C(=O)CCC2C1(c1ccccc1C)[C@H](C)c1cc(C(C)C)cc(C(F)(F)F)c1. The Hall–Kier alpha value is -3.03. The fourth-order valence-electron chi connectivity index (χ4n) is 6.23. The molecule has 0 aliphatic carbocycles. The van der Waals surface area contributed by atoms with Gasteiger partial charge in [-0.2, -0.15) is 13.2 Å². The summed E-state index contributed by atoms with van der Waals surface area (Å²) >= 11 is 0. The second-order valence-corrected chi connectivity index (χ2v) is 10.3. The maximum atomic E-state index is 14.0. The largest absolute Gasteiger partial charge is 0.416 e. The van der Waals surface area contributed by atoms with Crippen LogP contribution in [-0.2, 0) is 16.5 Å². The summed E-state index contributed by atoms with van der Waals surface area (Å²) in [5, 5.41) is 2.74. The van der Waals surface area contributed by atoms with E-state index < -0.39 is 23.2 Å². The summed E-state index contributed by atoms with van der Waals surface area (Å²) in [6, 6.07) is 11.3. The topological polar surface area (TPSA) is 52.7 Å². The molecule has 0 saturated carbocycles. The first kappa shape index (κ1) is 26.0. The van der Waals surface area contributed by atoms with E-state index in [0.717, 1.165) is 11.1 Å². The number of carbonyl (C=O) groups is 2. The van der Waals surface area contributed by atoms with Crippen LogP contribution in [-0.4, -0.2) is 47.9 Å². The van der Waals surface area contributed by atoms with Gasteiger partial charge >= 0.3 is 12.2 Å². The standard InChI is InChI=1S/C28H34F3N3O2/c1-17(2)20-14-21(16-22(15-20)28(29,30)31)19(4)27(23-9-7-6-8-18(23)3)24-10-11-25(35)33(24)12-13-34(27)26(36)32-5/h6-9,14-17,19,24H,10-13H2,1-5H3,(H,32,36)/t19-,24?,27?/m1/s1. The number of benzene rings is 2. The van der Waals surface area contributed by atoms with Gasteiger partial charge in [0.05, 0.1) is 17.1 Å². The highest BCUT2D eigenvalue weighted by Gasteiger charge is 2.59. The quantitative estimate of drug-likeness (QED) is 0.577. The van der Waals surface area contributed by atoms with Gasteiger partial charge in [0.2, 0.25) is 5.91 Å². The minimum atomic E-state index is -4.50. The first-order chi connectivity index (χ1) is 16.9. The van der Waals surface area contributed by atoms with Gasteiger partial charge in [0.1, 0.15) is 0 Å². The van der Waals surface area contributed by atoms with E-state index in [4.69, 9.17) is 0 Å². The monoisotopic (exact) mass is 501 g/mol. The molecule has 194 valence electrons. The lowest BCUT2D eigenvalue weighted by molar-refractivity contribution is -0.137. The van der Waals surface area contributed by atoms with Crippen LogP contribution in [0.3, 0.4) is 0 Å². The van der Waals surface area contributed by atoms with Crippen LogP contribution in [0.15, 0.2) is 42.5 Å². The second-order valence-electron chi connectivity index (χ2n) is 10.3. The second kappa shape index (κ2) is 9.45. The molecule has 4 rings (SSSR count). The third-order valence-corrected chi connectivity index (χ3v) is 8.01. The highest BCUT2D eigenvalue weighted by Crippen LogP contribution is 2.52. The number of halogens is 3. The molecule has 0 spiro atoms. The molecule has 2 saturated heterocycles. The van der Waals surface area contributed by atoms with Crippen molar-refractivity contribution in [3.05, 3.63) is 70.3 Å². The van der Waals surface area contributed by atoms with Crippen molar-refractivity contribution in [2.75, 3.05) is 20.1 Å². The number of aryl methyl sites for hydroxylation is 1. The van der Waals surface area contributed by atoms with Crippen LogP contribution in [0.25, 0.3) is 0 Å². The van der Waals surface area contributed by atoms with E-state index in [-0.39, 0.29) is 30.4 Å². The molecule has 0 bridgehead atoms. The highest BCUT2D eigenvalue weighted by atomic mass is 19.4. The summed E-state index contributed by atoms with van der Waals surface area (Å²) in [7, 11) is 1.56. The number of fused-ring (bicyclic) bond motifs is 1. The maximum absolute atomic E-state index is 14.0. The van der Waals surface area contributed by atoms with E-state index in [9.17, 15) is 22.8 Å². The molecule has 2 aliphatic heterocycles. The average molecular weight is 502 g/mol. The molecule has 2 aromatic carbocycles. The molecule has 0 aromatic heterocycles. The molecular weight excluding hydrogens is 467 g/mol. The summed E-state index contributed by atoms with van der Waals surface area (Å²) in [4.78, 5) is 29.9. The Morgan fingerprint density at radius 1 is 1.08 bits per heavy atom. The Morgan fingerprint density at radius 3 is 2.36 bits per heavy atom. The van der Waals surface area contributed by atoms with E-state index in [1.54, 1.807) is 11.9 Å². The van der Waals surface area contributed by atoms with Crippen LogP contribution >= 0.6 is 0 Å². The van der Waals surface area contributed by atoms with Crippen LogP contribution in [0.2, 0.25) is 0 Å². The first-order valence-corrected chi connectivity index (χ1v) is 12.5. The van der Waals surface area contributed by atoms with Gasteiger partial charge in [-0.3, -0.25) is 4.79 Å². The van der Waals surface area contributed by atoms with Gasteiger partial charge in [0.15, 0.2) is 0 Å². The van der Waals surface area contributed by atoms with Crippen molar-refractivity contribution in [3.8, 4) is 0 Å². The molecular formula is C28H34F3N3O2. The number of hydrogen-bond donors (Lipinski definition) is 1. The van der Waals surface area contributed by atoms with Gasteiger partial charge in [-0.05, 0) is 53.6 Å². The van der Waals surface area contributed by atoms with Crippen LogP contribution < -0.4 is 5.32 Å². The van der Waals surface area contributed by atoms with Crippen molar-refractivity contribution >= 4 is 11.9 Å². The number of rotatable bonds is 4. The van der Waals surface area contributed by atoms with Crippen LogP contribution in [0, 0.1) is 6.92 Å². The molecule has 1 N–H and O–H groups in total. The summed E-state index contributed by atoms with van der Waals surface area (Å²) in [5.41, 5.74) is 1.13. The zero-order valence-corrected chi connectivity index (χ0v) is 21.4. The molecule has 2 unspecified atom stereocenters. The first-order valence-electron chi connectivity index (χ1n) is 12.5. The minimum absolute atomic E-state index is 0.0219. The third kappa shape index (κ3) is 4.14. The van der Waals surface area contributed by atoms with E-state index in [1.807, 2.05) is 62.9 Å². The lowest BCUT2D eigenvalue weighted by Gasteiger charge is -2.57. The Bertz CT molecular complexity index is 1160. The number of nitrogens with zero attached hydrogens (tertiary/aromatic N) is 2. The van der Waals surface area contributed by atoms with E-state index in [0.29, 0.717) is 30.5 Å². The lowest BCUT2D eigenvalue weighted by Crippen LogP contribution is -2.69. The van der Waals surface area contributed by atoms with E-state index in [1.165, 1.54) is 12.1 Å². The zero-order chi connectivity index (χ0) is 26.4. The Morgan fingerprint density at radius 2 is 1.75 bits per heavy atom. The molecule has 8 heteroatoms. The molecule has 36 heavy (non-hydrogen) atoms. The van der Waals surface area contributed by atoms with Gasteiger partial charge in [0, 0.05) is 32.5 Å². The van der Waals surface area contributed by atoms with E-state index in [2.05, 4.69) is 5.32 Å². The van der Waals surface area contributed by atoms with Crippen molar-refractivity contribution in [2.45, 2.75) is 70.1 Å². The lowest BCUT2D eigenvalue weighted by atomic mass is 9.66. The number of urea groups is 1. The van der Waals surface area contributed by atoms with Crippen LogP contribution in [0.5, 0.6) is 0 Å².